The van der Waals surface area contributed by atoms with Crippen molar-refractivity contribution in [3.63, 3.8) is 0 Å². The Bertz CT molecular complexity index is 1050. The number of halogens is 1. The summed E-state index contributed by atoms with van der Waals surface area (Å²) in [4.78, 5) is 9.62. The second-order valence-electron chi connectivity index (χ2n) is 5.50. The van der Waals surface area contributed by atoms with E-state index in [2.05, 4.69) is 15.3 Å². The minimum Gasteiger partial charge on any atom is -0.490 e. The van der Waals surface area contributed by atoms with Crippen LogP contribution in [0.15, 0.2) is 60.2 Å². The fraction of sp³-hybridized carbons (Fsp3) is 0.100. The van der Waals surface area contributed by atoms with E-state index >= 15 is 0 Å². The largest absolute Gasteiger partial charge is 0.490 e. The highest BCUT2D eigenvalue weighted by atomic mass is 35.5. The van der Waals surface area contributed by atoms with Crippen LogP contribution >= 0.6 is 22.9 Å². The number of nitrogens with zero attached hydrogens (tertiary/aromatic N) is 2. The van der Waals surface area contributed by atoms with Crippen LogP contribution in [0.4, 0.5) is 0 Å². The zero-order chi connectivity index (χ0) is 17.9. The van der Waals surface area contributed by atoms with Crippen molar-refractivity contribution in [2.45, 2.75) is 6.92 Å². The third-order valence-corrected chi connectivity index (χ3v) is 4.98. The summed E-state index contributed by atoms with van der Waals surface area (Å²) in [5, 5.41) is 3.64. The fourth-order valence-corrected chi connectivity index (χ4v) is 3.71. The summed E-state index contributed by atoms with van der Waals surface area (Å²) < 4.78 is 11.8. The molecule has 0 aliphatic rings. The first kappa shape index (κ1) is 16.8. The Labute approximate surface area is 160 Å². The quantitative estimate of drug-likeness (QED) is 0.412. The van der Waals surface area contributed by atoms with Crippen molar-refractivity contribution in [1.29, 1.82) is 0 Å². The van der Waals surface area contributed by atoms with Gasteiger partial charge in [-0.25, -0.2) is 9.97 Å². The van der Waals surface area contributed by atoms with Crippen molar-refractivity contribution >= 4 is 33.2 Å². The van der Waals surface area contributed by atoms with E-state index in [9.17, 15) is 0 Å². The lowest BCUT2D eigenvalue weighted by molar-refractivity contribution is 0.320. The Morgan fingerprint density at radius 3 is 2.54 bits per heavy atom. The molecule has 0 saturated heterocycles. The predicted octanol–water partition coefficient (Wildman–Crippen LogP) is 6.20. The normalized spacial score (nSPS) is 10.8. The van der Waals surface area contributed by atoms with Gasteiger partial charge in [0.15, 0.2) is 11.5 Å². The van der Waals surface area contributed by atoms with Gasteiger partial charge >= 0.3 is 0 Å². The number of benzene rings is 2. The number of para-hydroxylation sites is 2. The summed E-state index contributed by atoms with van der Waals surface area (Å²) in [5.74, 6) is 1.82. The highest BCUT2D eigenvalue weighted by Gasteiger charge is 2.16. The van der Waals surface area contributed by atoms with Crippen LogP contribution in [0, 0.1) is 0 Å². The van der Waals surface area contributed by atoms with Crippen LogP contribution < -0.4 is 9.47 Å². The van der Waals surface area contributed by atoms with E-state index in [1.54, 1.807) is 11.3 Å². The minimum atomic E-state index is 0.508. The van der Waals surface area contributed by atoms with E-state index < -0.39 is 0 Å². The molecule has 0 spiro atoms. The van der Waals surface area contributed by atoms with Crippen molar-refractivity contribution in [2.75, 3.05) is 6.61 Å². The van der Waals surface area contributed by atoms with Gasteiger partial charge in [-0.3, -0.25) is 0 Å². The topological polar surface area (TPSA) is 44.2 Å². The number of ether oxygens (including phenoxy) is 2. The smallest absolute Gasteiger partial charge is 0.231 e. The monoisotopic (exact) mass is 382 g/mol. The molecule has 26 heavy (non-hydrogen) atoms. The summed E-state index contributed by atoms with van der Waals surface area (Å²) in [6, 6.07) is 15.3. The van der Waals surface area contributed by atoms with Gasteiger partial charge in [0.2, 0.25) is 5.88 Å². The maximum atomic E-state index is 6.12. The number of fused-ring (bicyclic) bond motifs is 1. The minimum absolute atomic E-state index is 0.508. The summed E-state index contributed by atoms with van der Waals surface area (Å²) in [6.07, 6.45) is 1.52. The van der Waals surface area contributed by atoms with E-state index in [4.69, 9.17) is 21.1 Å². The maximum Gasteiger partial charge on any atom is 0.231 e. The molecule has 4 rings (SSSR count). The molecule has 0 aliphatic carbocycles. The third-order valence-electron chi connectivity index (χ3n) is 3.85. The van der Waals surface area contributed by atoms with Gasteiger partial charge in [-0.1, -0.05) is 35.9 Å². The molecule has 4 aromatic rings. The van der Waals surface area contributed by atoms with Crippen molar-refractivity contribution in [3.8, 4) is 28.5 Å². The van der Waals surface area contributed by atoms with Gasteiger partial charge in [-0.15, -0.1) is 11.3 Å². The highest BCUT2D eigenvalue weighted by Crippen LogP contribution is 2.40. The standard InChI is InChI=1S/C20H15ClN2O2S/c1-2-24-16-5-3-4-6-17(16)25-19-18-15(11-26-20(18)23-12-22-19)13-7-9-14(21)10-8-13/h3-12H,2H2,1H3. The van der Waals surface area contributed by atoms with Crippen LogP contribution in [0.25, 0.3) is 21.3 Å². The Morgan fingerprint density at radius 2 is 1.77 bits per heavy atom. The summed E-state index contributed by atoms with van der Waals surface area (Å²) >= 11 is 7.57. The van der Waals surface area contributed by atoms with Gasteiger partial charge in [0, 0.05) is 16.0 Å². The summed E-state index contributed by atoms with van der Waals surface area (Å²) in [7, 11) is 0. The molecule has 0 bridgehead atoms. The van der Waals surface area contributed by atoms with Gasteiger partial charge in [-0.05, 0) is 36.8 Å². The lowest BCUT2D eigenvalue weighted by Crippen LogP contribution is -1.96. The van der Waals surface area contributed by atoms with Crippen molar-refractivity contribution < 1.29 is 9.47 Å². The first-order valence-corrected chi connectivity index (χ1v) is 9.40. The summed E-state index contributed by atoms with van der Waals surface area (Å²) in [5.41, 5.74) is 2.06. The Balaban J connectivity index is 1.81. The predicted molar refractivity (Wildman–Crippen MR) is 106 cm³/mol. The number of rotatable bonds is 5. The average Bonchev–Trinajstić information content (AvgIpc) is 3.09. The van der Waals surface area contributed by atoms with Crippen LogP contribution in [0.1, 0.15) is 6.92 Å². The number of aromatic nitrogens is 2. The molecular weight excluding hydrogens is 368 g/mol. The van der Waals surface area contributed by atoms with Crippen LogP contribution in [0.5, 0.6) is 17.4 Å². The Morgan fingerprint density at radius 1 is 1.00 bits per heavy atom. The Kier molecular flexibility index (Phi) is 4.73. The van der Waals surface area contributed by atoms with Gasteiger partial charge in [0.1, 0.15) is 11.2 Å². The fourth-order valence-electron chi connectivity index (χ4n) is 2.68. The SMILES string of the molecule is CCOc1ccccc1Oc1ncnc2scc(-c3ccc(Cl)cc3)c12. The molecule has 2 heterocycles. The molecule has 130 valence electrons. The second-order valence-corrected chi connectivity index (χ2v) is 6.79. The number of hydrogen-bond acceptors (Lipinski definition) is 5. The third kappa shape index (κ3) is 3.23. The molecule has 0 atom stereocenters. The van der Waals surface area contributed by atoms with Crippen molar-refractivity contribution in [2.24, 2.45) is 0 Å². The molecule has 0 radical (unpaired) electrons. The highest BCUT2D eigenvalue weighted by molar-refractivity contribution is 7.17. The van der Waals surface area contributed by atoms with Crippen LogP contribution in [-0.2, 0) is 0 Å². The first-order chi connectivity index (χ1) is 12.8. The molecular formula is C20H15ClN2O2S. The summed E-state index contributed by atoms with van der Waals surface area (Å²) in [6.45, 7) is 2.51. The first-order valence-electron chi connectivity index (χ1n) is 8.14. The average molecular weight is 383 g/mol. The molecule has 4 nitrogen and oxygen atoms in total. The lowest BCUT2D eigenvalue weighted by atomic mass is 10.1. The van der Waals surface area contributed by atoms with Crippen molar-refractivity contribution in [3.05, 3.63) is 65.3 Å². The molecule has 0 fully saturated rings. The molecule has 0 aliphatic heterocycles. The molecule has 0 N–H and O–H groups in total. The van der Waals surface area contributed by atoms with Gasteiger partial charge < -0.3 is 9.47 Å². The molecule has 0 saturated carbocycles. The van der Waals surface area contributed by atoms with Crippen molar-refractivity contribution in [1.82, 2.24) is 9.97 Å². The van der Waals surface area contributed by atoms with Gasteiger partial charge in [0.25, 0.3) is 0 Å². The Hall–Kier alpha value is -2.63. The maximum absolute atomic E-state index is 6.12. The number of thiophene rings is 1. The van der Waals surface area contributed by atoms with Crippen LogP contribution in [0.3, 0.4) is 0 Å². The van der Waals surface area contributed by atoms with E-state index in [-0.39, 0.29) is 0 Å². The van der Waals surface area contributed by atoms with E-state index in [0.717, 1.165) is 21.3 Å². The van der Waals surface area contributed by atoms with Gasteiger partial charge in [-0.2, -0.15) is 0 Å². The molecule has 2 aromatic carbocycles. The zero-order valence-corrected chi connectivity index (χ0v) is 15.6. The van der Waals surface area contributed by atoms with Crippen LogP contribution in [0.2, 0.25) is 5.02 Å². The second kappa shape index (κ2) is 7.32. The number of hydrogen-bond donors (Lipinski definition) is 0. The zero-order valence-electron chi connectivity index (χ0n) is 14.0. The molecule has 0 unspecified atom stereocenters. The van der Waals surface area contributed by atoms with E-state index in [1.807, 2.05) is 55.5 Å². The molecule has 2 aromatic heterocycles. The molecule has 0 amide bonds. The lowest BCUT2D eigenvalue weighted by Gasteiger charge is -2.11. The van der Waals surface area contributed by atoms with E-state index in [0.29, 0.717) is 29.0 Å². The van der Waals surface area contributed by atoms with Gasteiger partial charge in [0.05, 0.1) is 12.0 Å². The molecule has 6 heteroatoms. The van der Waals surface area contributed by atoms with Crippen LogP contribution in [-0.4, -0.2) is 16.6 Å². The van der Waals surface area contributed by atoms with E-state index in [1.165, 1.54) is 6.33 Å².